The summed E-state index contributed by atoms with van der Waals surface area (Å²) < 4.78 is 14.4. The number of para-hydroxylation sites is 1. The molecular weight excluding hydrogens is 263 g/mol. The van der Waals surface area contributed by atoms with Crippen molar-refractivity contribution in [2.24, 2.45) is 5.92 Å². The molecule has 1 N–H and O–H groups in total. The average molecular weight is 292 g/mol. The molecule has 0 aromatic heterocycles. The maximum atomic E-state index is 14.4. The van der Waals surface area contributed by atoms with Gasteiger partial charge >= 0.3 is 0 Å². The van der Waals surface area contributed by atoms with Gasteiger partial charge in [-0.1, -0.05) is 25.5 Å². The van der Waals surface area contributed by atoms with E-state index in [2.05, 4.69) is 37.9 Å². The van der Waals surface area contributed by atoms with Gasteiger partial charge in [-0.05, 0) is 51.2 Å². The van der Waals surface area contributed by atoms with Gasteiger partial charge in [-0.3, -0.25) is 0 Å². The zero-order chi connectivity index (χ0) is 15.5. The summed E-state index contributed by atoms with van der Waals surface area (Å²) in [6.45, 7) is 11.3. The summed E-state index contributed by atoms with van der Waals surface area (Å²) in [7, 11) is 0. The summed E-state index contributed by atoms with van der Waals surface area (Å²) in [6, 6.07) is 5.46. The minimum atomic E-state index is -0.0834. The van der Waals surface area contributed by atoms with Crippen LogP contribution in [0.2, 0.25) is 0 Å². The van der Waals surface area contributed by atoms with Crippen LogP contribution >= 0.6 is 0 Å². The largest absolute Gasteiger partial charge is 0.369 e. The highest BCUT2D eigenvalue weighted by Gasteiger charge is 2.23. The van der Waals surface area contributed by atoms with Crippen LogP contribution in [0.15, 0.2) is 18.2 Å². The predicted octanol–water partition coefficient (Wildman–Crippen LogP) is 4.34. The smallest absolute Gasteiger partial charge is 0.146 e. The number of hydrogen-bond donors (Lipinski definition) is 1. The second-order valence-electron chi connectivity index (χ2n) is 7.21. The van der Waals surface area contributed by atoms with Crippen molar-refractivity contribution in [3.05, 3.63) is 29.6 Å². The van der Waals surface area contributed by atoms with Gasteiger partial charge in [0.15, 0.2) is 0 Å². The quantitative estimate of drug-likeness (QED) is 0.888. The van der Waals surface area contributed by atoms with Gasteiger partial charge in [0.05, 0.1) is 5.69 Å². The second-order valence-corrected chi connectivity index (χ2v) is 7.21. The minimum Gasteiger partial charge on any atom is -0.369 e. The monoisotopic (exact) mass is 292 g/mol. The third-order valence-corrected chi connectivity index (χ3v) is 4.29. The van der Waals surface area contributed by atoms with Gasteiger partial charge in [-0.15, -0.1) is 0 Å². The Hall–Kier alpha value is -1.09. The molecule has 0 saturated carbocycles. The molecule has 1 aliphatic rings. The Kier molecular flexibility index (Phi) is 5.26. The topological polar surface area (TPSA) is 15.3 Å². The molecule has 2 nitrogen and oxygen atoms in total. The van der Waals surface area contributed by atoms with Gasteiger partial charge in [-0.25, -0.2) is 4.39 Å². The number of anilines is 1. The van der Waals surface area contributed by atoms with Crippen molar-refractivity contribution < 1.29 is 4.39 Å². The molecule has 1 heterocycles. The molecule has 1 aromatic rings. The van der Waals surface area contributed by atoms with E-state index in [0.717, 1.165) is 24.3 Å². The molecule has 0 bridgehead atoms. The Morgan fingerprint density at radius 1 is 1.33 bits per heavy atom. The van der Waals surface area contributed by atoms with Crippen LogP contribution in [0.1, 0.15) is 52.5 Å². The van der Waals surface area contributed by atoms with Crippen LogP contribution in [0.4, 0.5) is 10.1 Å². The standard InChI is InChI=1S/C18H29FN2/c1-5-14-8-7-11-21(13-14)17-15(9-6-10-16(17)19)12-20-18(2,3)4/h6,9-10,14,20H,5,7-8,11-13H2,1-4H3. The summed E-state index contributed by atoms with van der Waals surface area (Å²) in [6.07, 6.45) is 3.62. The summed E-state index contributed by atoms with van der Waals surface area (Å²) in [5, 5.41) is 3.48. The van der Waals surface area contributed by atoms with Gasteiger partial charge < -0.3 is 10.2 Å². The Morgan fingerprint density at radius 3 is 2.76 bits per heavy atom. The zero-order valence-corrected chi connectivity index (χ0v) is 13.9. The maximum absolute atomic E-state index is 14.4. The third-order valence-electron chi connectivity index (χ3n) is 4.29. The fraction of sp³-hybridized carbons (Fsp3) is 0.667. The van der Waals surface area contributed by atoms with Crippen LogP contribution in [0.3, 0.4) is 0 Å². The van der Waals surface area contributed by atoms with Crippen LogP contribution in [-0.4, -0.2) is 18.6 Å². The first-order valence-electron chi connectivity index (χ1n) is 8.18. The molecule has 21 heavy (non-hydrogen) atoms. The molecule has 3 heteroatoms. The van der Waals surface area contributed by atoms with Crippen molar-refractivity contribution in [1.82, 2.24) is 5.32 Å². The lowest BCUT2D eigenvalue weighted by molar-refractivity contribution is 0.398. The zero-order valence-electron chi connectivity index (χ0n) is 13.9. The molecule has 1 atom stereocenters. The van der Waals surface area contributed by atoms with E-state index in [1.165, 1.54) is 19.3 Å². The molecule has 0 aliphatic carbocycles. The minimum absolute atomic E-state index is 0.0391. The lowest BCUT2D eigenvalue weighted by Crippen LogP contribution is -2.38. The van der Waals surface area contributed by atoms with E-state index in [1.54, 1.807) is 6.07 Å². The van der Waals surface area contributed by atoms with E-state index in [4.69, 9.17) is 0 Å². The molecule has 0 spiro atoms. The van der Waals surface area contributed by atoms with Gasteiger partial charge in [-0.2, -0.15) is 0 Å². The van der Waals surface area contributed by atoms with E-state index in [-0.39, 0.29) is 11.4 Å². The van der Waals surface area contributed by atoms with Crippen molar-refractivity contribution in [3.63, 3.8) is 0 Å². The first kappa shape index (κ1) is 16.3. The van der Waals surface area contributed by atoms with Crippen LogP contribution < -0.4 is 10.2 Å². The van der Waals surface area contributed by atoms with Gasteiger partial charge in [0, 0.05) is 25.2 Å². The van der Waals surface area contributed by atoms with Gasteiger partial charge in [0.25, 0.3) is 0 Å². The first-order valence-corrected chi connectivity index (χ1v) is 8.18. The normalized spacial score (nSPS) is 19.9. The van der Waals surface area contributed by atoms with E-state index in [0.29, 0.717) is 12.5 Å². The molecule has 1 aromatic carbocycles. The summed E-state index contributed by atoms with van der Waals surface area (Å²) in [4.78, 5) is 2.26. The maximum Gasteiger partial charge on any atom is 0.146 e. The number of benzene rings is 1. The number of nitrogens with zero attached hydrogens (tertiary/aromatic N) is 1. The highest BCUT2D eigenvalue weighted by Crippen LogP contribution is 2.30. The first-order chi connectivity index (χ1) is 9.90. The van der Waals surface area contributed by atoms with Crippen molar-refractivity contribution >= 4 is 5.69 Å². The number of hydrogen-bond acceptors (Lipinski definition) is 2. The number of nitrogens with one attached hydrogen (secondary N) is 1. The lowest BCUT2D eigenvalue weighted by Gasteiger charge is -2.35. The molecule has 0 amide bonds. The van der Waals surface area contributed by atoms with Crippen molar-refractivity contribution in [3.8, 4) is 0 Å². The van der Waals surface area contributed by atoms with Crippen LogP contribution in [0.25, 0.3) is 0 Å². The van der Waals surface area contributed by atoms with E-state index >= 15 is 0 Å². The Labute approximate surface area is 128 Å². The molecule has 1 aliphatic heterocycles. The van der Waals surface area contributed by atoms with Crippen LogP contribution in [0, 0.1) is 11.7 Å². The Balaban J connectivity index is 2.21. The third kappa shape index (κ3) is 4.44. The van der Waals surface area contributed by atoms with Crippen molar-refractivity contribution in [2.75, 3.05) is 18.0 Å². The van der Waals surface area contributed by atoms with E-state index in [1.807, 2.05) is 12.1 Å². The molecular formula is C18H29FN2. The number of halogens is 1. The summed E-state index contributed by atoms with van der Waals surface area (Å²) in [5.74, 6) is 0.613. The number of rotatable bonds is 4. The Bertz CT molecular complexity index is 465. The Morgan fingerprint density at radius 2 is 2.10 bits per heavy atom. The summed E-state index contributed by atoms with van der Waals surface area (Å²) in [5.41, 5.74) is 1.92. The lowest BCUT2D eigenvalue weighted by atomic mass is 9.94. The number of piperidine rings is 1. The van der Waals surface area contributed by atoms with Crippen molar-refractivity contribution in [2.45, 2.75) is 59.0 Å². The van der Waals surface area contributed by atoms with Crippen molar-refractivity contribution in [1.29, 1.82) is 0 Å². The fourth-order valence-corrected chi connectivity index (χ4v) is 3.02. The highest BCUT2D eigenvalue weighted by molar-refractivity contribution is 5.55. The SMILES string of the molecule is CCC1CCCN(c2c(F)cccc2CNC(C)(C)C)C1. The fourth-order valence-electron chi connectivity index (χ4n) is 3.02. The second kappa shape index (κ2) is 6.78. The summed E-state index contributed by atoms with van der Waals surface area (Å²) >= 11 is 0. The molecule has 118 valence electrons. The van der Waals surface area contributed by atoms with E-state index in [9.17, 15) is 4.39 Å². The average Bonchev–Trinajstić information content (AvgIpc) is 2.44. The molecule has 1 fully saturated rings. The predicted molar refractivity (Wildman–Crippen MR) is 88.2 cm³/mol. The molecule has 1 saturated heterocycles. The van der Waals surface area contributed by atoms with E-state index < -0.39 is 0 Å². The van der Waals surface area contributed by atoms with Crippen LogP contribution in [0.5, 0.6) is 0 Å². The van der Waals surface area contributed by atoms with Gasteiger partial charge in [0.2, 0.25) is 0 Å². The molecule has 0 radical (unpaired) electrons. The molecule has 2 rings (SSSR count). The van der Waals surface area contributed by atoms with Crippen LogP contribution in [-0.2, 0) is 6.54 Å². The molecule has 1 unspecified atom stereocenters. The van der Waals surface area contributed by atoms with Gasteiger partial charge in [0.1, 0.15) is 5.82 Å². The highest BCUT2D eigenvalue weighted by atomic mass is 19.1.